The molecule has 23 heavy (non-hydrogen) atoms. The Morgan fingerprint density at radius 2 is 2.17 bits per heavy atom. The summed E-state index contributed by atoms with van der Waals surface area (Å²) < 4.78 is 6.15. The van der Waals surface area contributed by atoms with E-state index in [4.69, 9.17) is 4.74 Å². The minimum atomic E-state index is 0.357. The Bertz CT molecular complexity index is 781. The quantitative estimate of drug-likeness (QED) is 0.637. The number of pyridine rings is 1. The Morgan fingerprint density at radius 3 is 2.83 bits per heavy atom. The van der Waals surface area contributed by atoms with Gasteiger partial charge >= 0.3 is 0 Å². The number of nitriles is 1. The van der Waals surface area contributed by atoms with Crippen molar-refractivity contribution in [2.24, 2.45) is 5.10 Å². The predicted molar refractivity (Wildman–Crippen MR) is 94.5 cm³/mol. The van der Waals surface area contributed by atoms with Crippen molar-refractivity contribution < 1.29 is 4.74 Å². The van der Waals surface area contributed by atoms with E-state index in [1.165, 1.54) is 0 Å². The predicted octanol–water partition coefficient (Wildman–Crippen LogP) is 3.93. The zero-order chi connectivity index (χ0) is 16.8. The summed E-state index contributed by atoms with van der Waals surface area (Å²) in [6, 6.07) is 9.95. The molecule has 2 aromatic rings. The van der Waals surface area contributed by atoms with E-state index >= 15 is 0 Å². The van der Waals surface area contributed by atoms with Crippen LogP contribution in [0.25, 0.3) is 0 Å². The van der Waals surface area contributed by atoms with E-state index in [1.54, 1.807) is 13.3 Å². The molecule has 0 fully saturated rings. The van der Waals surface area contributed by atoms with E-state index in [9.17, 15) is 5.26 Å². The standard InChI is InChI=1S/C17H17BrN4O/c1-11-4-5-13(7-16(11)18)9-20-22-17-15(8-19)14(10-23-3)6-12(2)21-17/h4-7,9H,10H2,1-3H3,(H,21,22)/b20-9-. The Labute approximate surface area is 144 Å². The van der Waals surface area contributed by atoms with Crippen LogP contribution in [0.3, 0.4) is 0 Å². The van der Waals surface area contributed by atoms with E-state index in [1.807, 2.05) is 38.1 Å². The maximum absolute atomic E-state index is 9.36. The molecule has 118 valence electrons. The van der Waals surface area contributed by atoms with Crippen molar-refractivity contribution in [1.29, 1.82) is 5.26 Å². The first-order chi connectivity index (χ1) is 11.0. The number of aromatic nitrogens is 1. The van der Waals surface area contributed by atoms with Gasteiger partial charge in [-0.2, -0.15) is 10.4 Å². The Hall–Kier alpha value is -2.23. The number of aryl methyl sites for hydroxylation is 2. The summed E-state index contributed by atoms with van der Waals surface area (Å²) in [6.45, 7) is 4.25. The molecule has 0 bridgehead atoms. The first-order valence-corrected chi connectivity index (χ1v) is 7.79. The van der Waals surface area contributed by atoms with Crippen LogP contribution < -0.4 is 5.43 Å². The van der Waals surface area contributed by atoms with Gasteiger partial charge in [0.1, 0.15) is 11.6 Å². The van der Waals surface area contributed by atoms with Gasteiger partial charge in [-0.15, -0.1) is 0 Å². The lowest BCUT2D eigenvalue weighted by Crippen LogP contribution is -2.03. The van der Waals surface area contributed by atoms with E-state index < -0.39 is 0 Å². The van der Waals surface area contributed by atoms with Crippen molar-refractivity contribution in [2.45, 2.75) is 20.5 Å². The van der Waals surface area contributed by atoms with Crippen molar-refractivity contribution in [1.82, 2.24) is 4.98 Å². The highest BCUT2D eigenvalue weighted by Gasteiger charge is 2.10. The number of anilines is 1. The molecule has 0 saturated heterocycles. The van der Waals surface area contributed by atoms with Gasteiger partial charge in [-0.05, 0) is 37.1 Å². The first kappa shape index (κ1) is 17.1. The van der Waals surface area contributed by atoms with Crippen LogP contribution in [0, 0.1) is 25.2 Å². The molecule has 1 heterocycles. The average Bonchev–Trinajstić information content (AvgIpc) is 2.51. The van der Waals surface area contributed by atoms with E-state index in [-0.39, 0.29) is 0 Å². The number of nitrogens with zero attached hydrogens (tertiary/aromatic N) is 3. The van der Waals surface area contributed by atoms with Crippen molar-refractivity contribution in [3.05, 3.63) is 56.7 Å². The molecular weight excluding hydrogens is 356 g/mol. The number of hydrogen-bond acceptors (Lipinski definition) is 5. The van der Waals surface area contributed by atoms with Gasteiger partial charge in [-0.25, -0.2) is 4.98 Å². The van der Waals surface area contributed by atoms with Crippen LogP contribution in [0.15, 0.2) is 33.8 Å². The number of benzene rings is 1. The van der Waals surface area contributed by atoms with E-state index in [0.717, 1.165) is 26.9 Å². The van der Waals surface area contributed by atoms with Crippen LogP contribution in [-0.2, 0) is 11.3 Å². The summed E-state index contributed by atoms with van der Waals surface area (Å²) in [5.74, 6) is 0.432. The molecular formula is C17H17BrN4O. The summed E-state index contributed by atoms with van der Waals surface area (Å²) in [4.78, 5) is 4.34. The monoisotopic (exact) mass is 372 g/mol. The number of methoxy groups -OCH3 is 1. The minimum absolute atomic E-state index is 0.357. The normalized spacial score (nSPS) is 10.7. The van der Waals surface area contributed by atoms with Crippen molar-refractivity contribution >= 4 is 28.0 Å². The molecule has 6 heteroatoms. The average molecular weight is 373 g/mol. The number of hydrogen-bond donors (Lipinski definition) is 1. The molecule has 2 rings (SSSR count). The van der Waals surface area contributed by atoms with E-state index in [2.05, 4.69) is 37.5 Å². The highest BCUT2D eigenvalue weighted by Crippen LogP contribution is 2.20. The maximum atomic E-state index is 9.36. The minimum Gasteiger partial charge on any atom is -0.380 e. The second-order valence-electron chi connectivity index (χ2n) is 5.07. The molecule has 0 aliphatic heterocycles. The zero-order valence-electron chi connectivity index (χ0n) is 13.2. The SMILES string of the molecule is COCc1cc(C)nc(N/N=C\c2ccc(C)c(Br)c2)c1C#N. The van der Waals surface area contributed by atoms with Crippen molar-refractivity contribution in [3.8, 4) is 6.07 Å². The lowest BCUT2D eigenvalue weighted by molar-refractivity contribution is 0.184. The van der Waals surface area contributed by atoms with E-state index in [0.29, 0.717) is 18.0 Å². The first-order valence-electron chi connectivity index (χ1n) is 7.00. The van der Waals surface area contributed by atoms with Gasteiger partial charge in [0.25, 0.3) is 0 Å². The topological polar surface area (TPSA) is 70.3 Å². The third-order valence-corrected chi connectivity index (χ3v) is 4.08. The summed E-state index contributed by atoms with van der Waals surface area (Å²) in [7, 11) is 1.59. The van der Waals surface area contributed by atoms with Gasteiger partial charge in [-0.1, -0.05) is 28.1 Å². The molecule has 0 unspecified atom stereocenters. The van der Waals surface area contributed by atoms with Crippen LogP contribution in [-0.4, -0.2) is 18.3 Å². The fraction of sp³-hybridized carbons (Fsp3) is 0.235. The number of halogens is 1. The third-order valence-electron chi connectivity index (χ3n) is 3.22. The smallest absolute Gasteiger partial charge is 0.164 e. The molecule has 5 nitrogen and oxygen atoms in total. The fourth-order valence-corrected chi connectivity index (χ4v) is 2.47. The van der Waals surface area contributed by atoms with Crippen LogP contribution in [0.4, 0.5) is 5.82 Å². The lowest BCUT2D eigenvalue weighted by atomic mass is 10.1. The summed E-state index contributed by atoms with van der Waals surface area (Å²) in [6.07, 6.45) is 1.69. The summed E-state index contributed by atoms with van der Waals surface area (Å²) in [5, 5.41) is 13.5. The molecule has 0 amide bonds. The number of nitrogens with one attached hydrogen (secondary N) is 1. The second kappa shape index (κ2) is 7.86. The Kier molecular flexibility index (Phi) is 5.85. The van der Waals surface area contributed by atoms with Gasteiger partial charge < -0.3 is 4.74 Å². The molecule has 1 aromatic heterocycles. The molecule has 1 aromatic carbocycles. The number of hydrazone groups is 1. The van der Waals surface area contributed by atoms with Gasteiger partial charge in [-0.3, -0.25) is 5.43 Å². The molecule has 0 atom stereocenters. The number of rotatable bonds is 5. The second-order valence-corrected chi connectivity index (χ2v) is 5.92. The highest BCUT2D eigenvalue weighted by molar-refractivity contribution is 9.10. The largest absolute Gasteiger partial charge is 0.380 e. The third kappa shape index (κ3) is 4.38. The van der Waals surface area contributed by atoms with Crippen molar-refractivity contribution in [3.63, 3.8) is 0 Å². The zero-order valence-corrected chi connectivity index (χ0v) is 14.8. The fourth-order valence-electron chi connectivity index (χ4n) is 2.07. The molecule has 0 spiro atoms. The molecule has 0 aliphatic carbocycles. The van der Waals surface area contributed by atoms with Crippen molar-refractivity contribution in [2.75, 3.05) is 12.5 Å². The van der Waals surface area contributed by atoms with Gasteiger partial charge in [0.05, 0.1) is 12.8 Å². The van der Waals surface area contributed by atoms with Crippen LogP contribution in [0.2, 0.25) is 0 Å². The maximum Gasteiger partial charge on any atom is 0.164 e. The van der Waals surface area contributed by atoms with Crippen LogP contribution in [0.1, 0.15) is 27.9 Å². The molecule has 0 radical (unpaired) electrons. The summed E-state index contributed by atoms with van der Waals surface area (Å²) in [5.41, 5.74) is 6.99. The Morgan fingerprint density at radius 1 is 1.39 bits per heavy atom. The number of ether oxygens (including phenoxy) is 1. The molecule has 1 N–H and O–H groups in total. The van der Waals surface area contributed by atoms with Crippen LogP contribution >= 0.6 is 15.9 Å². The lowest BCUT2D eigenvalue weighted by Gasteiger charge is -2.09. The molecule has 0 aliphatic rings. The highest BCUT2D eigenvalue weighted by atomic mass is 79.9. The van der Waals surface area contributed by atoms with Gasteiger partial charge in [0.15, 0.2) is 5.82 Å². The summed E-state index contributed by atoms with van der Waals surface area (Å²) >= 11 is 3.49. The van der Waals surface area contributed by atoms with Gasteiger partial charge in [0.2, 0.25) is 0 Å². The molecule has 0 saturated carbocycles. The van der Waals surface area contributed by atoms with Crippen LogP contribution in [0.5, 0.6) is 0 Å². The van der Waals surface area contributed by atoms with Gasteiger partial charge in [0, 0.05) is 22.8 Å². The Balaban J connectivity index is 2.24.